The summed E-state index contributed by atoms with van der Waals surface area (Å²) >= 11 is 1.35. The summed E-state index contributed by atoms with van der Waals surface area (Å²) < 4.78 is 3.51. The fraction of sp³-hybridized carbons (Fsp3) is 0. The Kier molecular flexibility index (Phi) is 3.32. The number of hydrogen-bond donors (Lipinski definition) is 0. The van der Waals surface area contributed by atoms with Crippen LogP contribution >= 0.6 is 11.5 Å². The summed E-state index contributed by atoms with van der Waals surface area (Å²) in [7, 11) is 0. The Morgan fingerprint density at radius 1 is 1.50 bits per heavy atom. The van der Waals surface area contributed by atoms with E-state index in [4.69, 9.17) is 0 Å². The van der Waals surface area contributed by atoms with Crippen LogP contribution in [0.4, 0.5) is 0 Å². The van der Waals surface area contributed by atoms with Crippen LogP contribution in [0.15, 0.2) is 11.6 Å². The van der Waals surface area contributed by atoms with Crippen molar-refractivity contribution in [3.05, 3.63) is 11.6 Å². The van der Waals surface area contributed by atoms with E-state index in [0.717, 1.165) is 0 Å². The Labute approximate surface area is 50.2 Å². The average Bonchev–Trinajstić information content (AvgIpc) is 1.76. The van der Waals surface area contributed by atoms with Crippen LogP contribution in [-0.2, 0) is 17.1 Å². The SMILES string of the molecule is [Fe].c1csnn1. The second-order valence-electron chi connectivity index (χ2n) is 0.588. The van der Waals surface area contributed by atoms with Gasteiger partial charge in [0.2, 0.25) is 0 Å². The van der Waals surface area contributed by atoms with Gasteiger partial charge in [-0.2, -0.15) is 0 Å². The van der Waals surface area contributed by atoms with E-state index in [1.54, 1.807) is 6.20 Å². The summed E-state index contributed by atoms with van der Waals surface area (Å²) in [6.07, 6.45) is 1.66. The molecule has 0 atom stereocenters. The zero-order valence-electron chi connectivity index (χ0n) is 2.81. The number of aromatic nitrogens is 2. The maximum absolute atomic E-state index is 3.51. The van der Waals surface area contributed by atoms with Crippen molar-refractivity contribution in [2.24, 2.45) is 0 Å². The van der Waals surface area contributed by atoms with Crippen molar-refractivity contribution in [3.63, 3.8) is 0 Å². The van der Waals surface area contributed by atoms with Crippen molar-refractivity contribution in [2.75, 3.05) is 0 Å². The van der Waals surface area contributed by atoms with Gasteiger partial charge in [-0.3, -0.25) is 0 Å². The Hall–Kier alpha value is 0.0795. The maximum atomic E-state index is 3.51. The van der Waals surface area contributed by atoms with Gasteiger partial charge in [0.05, 0.1) is 6.20 Å². The van der Waals surface area contributed by atoms with Crippen LogP contribution in [0.1, 0.15) is 0 Å². The van der Waals surface area contributed by atoms with Gasteiger partial charge in [0.25, 0.3) is 0 Å². The summed E-state index contributed by atoms with van der Waals surface area (Å²) in [4.78, 5) is 0. The first-order chi connectivity index (χ1) is 2.50. The second-order valence-corrected chi connectivity index (χ2v) is 1.23. The van der Waals surface area contributed by atoms with Crippen molar-refractivity contribution >= 4 is 11.5 Å². The van der Waals surface area contributed by atoms with Gasteiger partial charge in [-0.25, -0.2) is 0 Å². The van der Waals surface area contributed by atoms with Crippen molar-refractivity contribution in [1.29, 1.82) is 0 Å². The molecule has 0 aromatic carbocycles. The molecule has 0 unspecified atom stereocenters. The van der Waals surface area contributed by atoms with Gasteiger partial charge in [0.15, 0.2) is 0 Å². The Bertz CT molecular complexity index is 68.0. The molecule has 0 aliphatic rings. The predicted molar refractivity (Wildman–Crippen MR) is 19.9 cm³/mol. The maximum Gasteiger partial charge on any atom is 0.0620 e. The molecule has 2 nitrogen and oxygen atoms in total. The average molecular weight is 142 g/mol. The third kappa shape index (κ3) is 1.50. The van der Waals surface area contributed by atoms with E-state index < -0.39 is 0 Å². The molecule has 0 bridgehead atoms. The quantitative estimate of drug-likeness (QED) is 0.494. The van der Waals surface area contributed by atoms with Crippen molar-refractivity contribution < 1.29 is 17.1 Å². The molecule has 6 heavy (non-hydrogen) atoms. The topological polar surface area (TPSA) is 25.8 Å². The van der Waals surface area contributed by atoms with Crippen LogP contribution < -0.4 is 0 Å². The molecule has 0 aliphatic carbocycles. The molecule has 1 heterocycles. The Morgan fingerprint density at radius 2 is 2.33 bits per heavy atom. The summed E-state index contributed by atoms with van der Waals surface area (Å²) in [5, 5.41) is 5.31. The van der Waals surface area contributed by atoms with Gasteiger partial charge in [0.1, 0.15) is 0 Å². The molecule has 34 valence electrons. The molecule has 1 rings (SSSR count). The first kappa shape index (κ1) is 6.08. The van der Waals surface area contributed by atoms with Gasteiger partial charge in [0, 0.05) is 22.4 Å². The molecule has 4 heteroatoms. The van der Waals surface area contributed by atoms with E-state index in [1.165, 1.54) is 11.5 Å². The smallest absolute Gasteiger partial charge is 0.0620 e. The van der Waals surface area contributed by atoms with Crippen molar-refractivity contribution in [1.82, 2.24) is 9.59 Å². The summed E-state index contributed by atoms with van der Waals surface area (Å²) in [5.74, 6) is 0. The van der Waals surface area contributed by atoms with Gasteiger partial charge < -0.3 is 0 Å². The summed E-state index contributed by atoms with van der Waals surface area (Å²) in [6.45, 7) is 0. The summed E-state index contributed by atoms with van der Waals surface area (Å²) in [5.41, 5.74) is 0. The van der Waals surface area contributed by atoms with Crippen LogP contribution in [0.25, 0.3) is 0 Å². The largest absolute Gasteiger partial charge is 0.147 e. The third-order valence-electron chi connectivity index (χ3n) is 0.283. The molecule has 0 saturated carbocycles. The van der Waals surface area contributed by atoms with E-state index in [-0.39, 0.29) is 17.1 Å². The minimum Gasteiger partial charge on any atom is -0.147 e. The molecular formula is C2H2FeN2S. The molecule has 0 aliphatic heterocycles. The van der Waals surface area contributed by atoms with E-state index >= 15 is 0 Å². The molecule has 1 aromatic rings. The molecule has 1 aromatic heterocycles. The molecular weight excluding hydrogens is 140 g/mol. The van der Waals surface area contributed by atoms with Crippen LogP contribution in [-0.4, -0.2) is 9.59 Å². The van der Waals surface area contributed by atoms with E-state index in [1.807, 2.05) is 5.38 Å². The fourth-order valence-corrected chi connectivity index (χ4v) is 0.408. The molecule has 0 radical (unpaired) electrons. The first-order valence-electron chi connectivity index (χ1n) is 1.21. The van der Waals surface area contributed by atoms with E-state index in [9.17, 15) is 0 Å². The zero-order valence-corrected chi connectivity index (χ0v) is 4.73. The predicted octanol–water partition coefficient (Wildman–Crippen LogP) is 0.536. The van der Waals surface area contributed by atoms with Gasteiger partial charge >= 0.3 is 0 Å². The molecule has 0 N–H and O–H groups in total. The molecule has 0 fully saturated rings. The van der Waals surface area contributed by atoms with E-state index in [2.05, 4.69) is 9.59 Å². The van der Waals surface area contributed by atoms with Crippen LogP contribution in [0.3, 0.4) is 0 Å². The monoisotopic (exact) mass is 142 g/mol. The fourth-order valence-electron chi connectivity index (χ4n) is 0.136. The number of hydrogen-bond acceptors (Lipinski definition) is 3. The minimum atomic E-state index is 0. The zero-order chi connectivity index (χ0) is 3.54. The Balaban J connectivity index is 0.000000250. The number of nitrogens with zero attached hydrogens (tertiary/aromatic N) is 2. The second kappa shape index (κ2) is 3.28. The Morgan fingerprint density at radius 3 is 2.50 bits per heavy atom. The molecule has 0 spiro atoms. The van der Waals surface area contributed by atoms with Gasteiger partial charge in [-0.15, -0.1) is 5.10 Å². The normalized spacial score (nSPS) is 6.67. The third-order valence-corrected chi connectivity index (χ3v) is 0.715. The minimum absolute atomic E-state index is 0. The summed E-state index contributed by atoms with van der Waals surface area (Å²) in [6, 6.07) is 0. The van der Waals surface area contributed by atoms with Crippen LogP contribution in [0.2, 0.25) is 0 Å². The van der Waals surface area contributed by atoms with Crippen molar-refractivity contribution in [3.8, 4) is 0 Å². The van der Waals surface area contributed by atoms with Crippen molar-refractivity contribution in [2.45, 2.75) is 0 Å². The van der Waals surface area contributed by atoms with Crippen LogP contribution in [0, 0.1) is 0 Å². The standard InChI is InChI=1S/C2H2N2S.Fe/c1-2-5-4-3-1;/h1-2H;. The van der Waals surface area contributed by atoms with E-state index in [0.29, 0.717) is 0 Å². The first-order valence-corrected chi connectivity index (χ1v) is 2.05. The molecule has 0 amide bonds. The van der Waals surface area contributed by atoms with Gasteiger partial charge in [-0.1, -0.05) is 4.49 Å². The van der Waals surface area contributed by atoms with Gasteiger partial charge in [-0.05, 0) is 11.5 Å². The van der Waals surface area contributed by atoms with Crippen LogP contribution in [0.5, 0.6) is 0 Å². The number of rotatable bonds is 0. The molecule has 0 saturated heterocycles.